The first-order valence-electron chi connectivity index (χ1n) is 8.43. The maximum atomic E-state index is 12.2. The Morgan fingerprint density at radius 2 is 2.12 bits per heavy atom. The van der Waals surface area contributed by atoms with Crippen LogP contribution in [0.15, 0.2) is 35.7 Å². The number of benzene rings is 1. The summed E-state index contributed by atoms with van der Waals surface area (Å²) in [5.74, 6) is 1.82. The van der Waals surface area contributed by atoms with Gasteiger partial charge in [-0.05, 0) is 12.0 Å². The number of hydrogen-bond donors (Lipinski definition) is 1. The Balaban J connectivity index is 1.30. The highest BCUT2D eigenvalue weighted by molar-refractivity contribution is 7.09. The number of nitrogens with zero attached hydrogens (tertiary/aromatic N) is 4. The molecule has 0 aliphatic carbocycles. The van der Waals surface area contributed by atoms with Crippen molar-refractivity contribution in [3.63, 3.8) is 0 Å². The maximum Gasteiger partial charge on any atom is 0.226 e. The fourth-order valence-corrected chi connectivity index (χ4v) is 3.86. The van der Waals surface area contributed by atoms with Crippen molar-refractivity contribution < 1.29 is 4.79 Å². The number of nitrogens with one attached hydrogen (secondary N) is 1. The standard InChI is InChI=1S/C18H19N5OS/c24-17(19-11-16-22-21-15-7-4-8-23(15)16)10-14-12-25-18(20-14)9-13-5-2-1-3-6-13/h1-3,5-6,12H,4,7-11H2,(H,19,24). The van der Waals surface area contributed by atoms with Crippen molar-refractivity contribution in [2.45, 2.75) is 38.8 Å². The maximum absolute atomic E-state index is 12.2. The van der Waals surface area contributed by atoms with Gasteiger partial charge in [0.1, 0.15) is 5.82 Å². The summed E-state index contributed by atoms with van der Waals surface area (Å²) >= 11 is 1.60. The molecule has 2 aromatic heterocycles. The number of carbonyl (C=O) groups is 1. The average molecular weight is 353 g/mol. The van der Waals surface area contributed by atoms with Crippen LogP contribution in [0.3, 0.4) is 0 Å². The minimum atomic E-state index is -0.0353. The Hall–Kier alpha value is -2.54. The zero-order chi connectivity index (χ0) is 17.1. The first-order chi connectivity index (χ1) is 12.3. The fourth-order valence-electron chi connectivity index (χ4n) is 3.03. The highest BCUT2D eigenvalue weighted by Gasteiger charge is 2.17. The lowest BCUT2D eigenvalue weighted by Crippen LogP contribution is -2.26. The monoisotopic (exact) mass is 353 g/mol. The van der Waals surface area contributed by atoms with Crippen LogP contribution in [-0.4, -0.2) is 25.7 Å². The Labute approximate surface area is 149 Å². The third kappa shape index (κ3) is 3.76. The Morgan fingerprint density at radius 3 is 3.00 bits per heavy atom. The van der Waals surface area contributed by atoms with Crippen molar-refractivity contribution in [3.8, 4) is 0 Å². The third-order valence-corrected chi connectivity index (χ3v) is 5.17. The number of amides is 1. The van der Waals surface area contributed by atoms with E-state index in [1.165, 1.54) is 5.56 Å². The van der Waals surface area contributed by atoms with Crippen LogP contribution in [-0.2, 0) is 37.1 Å². The lowest BCUT2D eigenvalue weighted by molar-refractivity contribution is -0.120. The van der Waals surface area contributed by atoms with Gasteiger partial charge in [-0.2, -0.15) is 0 Å². The summed E-state index contributed by atoms with van der Waals surface area (Å²) in [6.07, 6.45) is 3.18. The minimum absolute atomic E-state index is 0.0353. The highest BCUT2D eigenvalue weighted by atomic mass is 32.1. The normalized spacial score (nSPS) is 13.0. The van der Waals surface area contributed by atoms with Crippen LogP contribution in [0.2, 0.25) is 0 Å². The molecule has 7 heteroatoms. The van der Waals surface area contributed by atoms with Gasteiger partial charge in [0, 0.05) is 24.8 Å². The van der Waals surface area contributed by atoms with Gasteiger partial charge in [-0.25, -0.2) is 4.98 Å². The smallest absolute Gasteiger partial charge is 0.226 e. The number of carbonyl (C=O) groups excluding carboxylic acids is 1. The van der Waals surface area contributed by atoms with E-state index in [4.69, 9.17) is 0 Å². The van der Waals surface area contributed by atoms with Gasteiger partial charge in [0.2, 0.25) is 5.91 Å². The Kier molecular flexibility index (Phi) is 4.56. The molecule has 1 aliphatic heterocycles. The molecule has 4 rings (SSSR count). The molecular formula is C18H19N5OS. The molecular weight excluding hydrogens is 334 g/mol. The third-order valence-electron chi connectivity index (χ3n) is 4.27. The molecule has 3 heterocycles. The second-order valence-electron chi connectivity index (χ2n) is 6.14. The molecule has 1 aliphatic rings. The molecule has 1 N–H and O–H groups in total. The van der Waals surface area contributed by atoms with Crippen molar-refractivity contribution in [2.24, 2.45) is 0 Å². The van der Waals surface area contributed by atoms with Crippen molar-refractivity contribution in [2.75, 3.05) is 0 Å². The molecule has 3 aromatic rings. The molecule has 6 nitrogen and oxygen atoms in total. The number of aromatic nitrogens is 4. The topological polar surface area (TPSA) is 72.7 Å². The first kappa shape index (κ1) is 16.0. The molecule has 25 heavy (non-hydrogen) atoms. The second-order valence-corrected chi connectivity index (χ2v) is 7.08. The minimum Gasteiger partial charge on any atom is -0.348 e. The van der Waals surface area contributed by atoms with E-state index in [1.54, 1.807) is 11.3 Å². The van der Waals surface area contributed by atoms with Crippen LogP contribution in [0.25, 0.3) is 0 Å². The first-order valence-corrected chi connectivity index (χ1v) is 9.31. The van der Waals surface area contributed by atoms with Gasteiger partial charge in [-0.1, -0.05) is 30.3 Å². The number of hydrogen-bond acceptors (Lipinski definition) is 5. The summed E-state index contributed by atoms with van der Waals surface area (Å²) in [4.78, 5) is 16.7. The average Bonchev–Trinajstić information content (AvgIpc) is 3.32. The molecule has 0 fully saturated rings. The van der Waals surface area contributed by atoms with E-state index >= 15 is 0 Å². The van der Waals surface area contributed by atoms with Gasteiger partial charge in [0.15, 0.2) is 5.82 Å². The summed E-state index contributed by atoms with van der Waals surface area (Å²) in [7, 11) is 0. The van der Waals surface area contributed by atoms with Crippen molar-refractivity contribution >= 4 is 17.2 Å². The summed E-state index contributed by atoms with van der Waals surface area (Å²) in [5.41, 5.74) is 2.05. The molecule has 0 bridgehead atoms. The van der Waals surface area contributed by atoms with E-state index in [0.29, 0.717) is 13.0 Å². The SMILES string of the molecule is O=C(Cc1csc(Cc2ccccc2)n1)NCc1nnc2n1CCC2. The largest absolute Gasteiger partial charge is 0.348 e. The van der Waals surface area contributed by atoms with Gasteiger partial charge < -0.3 is 9.88 Å². The number of thiazole rings is 1. The predicted molar refractivity (Wildman–Crippen MR) is 95.3 cm³/mol. The number of fused-ring (bicyclic) bond motifs is 1. The molecule has 0 unspecified atom stereocenters. The molecule has 1 aromatic carbocycles. The molecule has 0 radical (unpaired) electrons. The lowest BCUT2D eigenvalue weighted by atomic mass is 10.2. The van der Waals surface area contributed by atoms with Crippen LogP contribution in [0.1, 0.15) is 34.3 Å². The summed E-state index contributed by atoms with van der Waals surface area (Å²) in [6, 6.07) is 10.2. The van der Waals surface area contributed by atoms with E-state index in [1.807, 2.05) is 23.6 Å². The Bertz CT molecular complexity index is 871. The summed E-state index contributed by atoms with van der Waals surface area (Å²) in [6.45, 7) is 1.37. The van der Waals surface area contributed by atoms with Crippen molar-refractivity contribution in [3.05, 3.63) is 63.6 Å². The van der Waals surface area contributed by atoms with Gasteiger partial charge in [-0.3, -0.25) is 4.79 Å². The number of aryl methyl sites for hydroxylation is 1. The van der Waals surface area contributed by atoms with Crippen molar-refractivity contribution in [1.82, 2.24) is 25.1 Å². The van der Waals surface area contributed by atoms with Crippen LogP contribution >= 0.6 is 11.3 Å². The predicted octanol–water partition coefficient (Wildman–Crippen LogP) is 2.13. The quantitative estimate of drug-likeness (QED) is 0.737. The molecule has 0 saturated carbocycles. The van der Waals surface area contributed by atoms with E-state index in [2.05, 4.69) is 37.2 Å². The molecule has 1 amide bonds. The van der Waals surface area contributed by atoms with Gasteiger partial charge in [0.05, 0.1) is 23.7 Å². The number of rotatable bonds is 6. The molecule has 0 saturated heterocycles. The molecule has 0 spiro atoms. The van der Waals surface area contributed by atoms with E-state index < -0.39 is 0 Å². The van der Waals surface area contributed by atoms with Crippen molar-refractivity contribution in [1.29, 1.82) is 0 Å². The highest BCUT2D eigenvalue weighted by Crippen LogP contribution is 2.16. The summed E-state index contributed by atoms with van der Waals surface area (Å²) in [5, 5.41) is 14.2. The van der Waals surface area contributed by atoms with Gasteiger partial charge in [0.25, 0.3) is 0 Å². The van der Waals surface area contributed by atoms with Crippen LogP contribution < -0.4 is 5.32 Å². The zero-order valence-electron chi connectivity index (χ0n) is 13.8. The second kappa shape index (κ2) is 7.14. The fraction of sp³-hybridized carbons (Fsp3) is 0.333. The van der Waals surface area contributed by atoms with E-state index in [0.717, 1.165) is 48.2 Å². The van der Waals surface area contributed by atoms with Crippen LogP contribution in [0.5, 0.6) is 0 Å². The Morgan fingerprint density at radius 1 is 1.24 bits per heavy atom. The van der Waals surface area contributed by atoms with Crippen LogP contribution in [0, 0.1) is 0 Å². The molecule has 128 valence electrons. The van der Waals surface area contributed by atoms with Crippen LogP contribution in [0.4, 0.5) is 0 Å². The summed E-state index contributed by atoms with van der Waals surface area (Å²) < 4.78 is 2.10. The van der Waals surface area contributed by atoms with Gasteiger partial charge in [-0.15, -0.1) is 21.5 Å². The van der Waals surface area contributed by atoms with Gasteiger partial charge >= 0.3 is 0 Å². The molecule has 0 atom stereocenters. The van der Waals surface area contributed by atoms with E-state index in [9.17, 15) is 4.79 Å². The van der Waals surface area contributed by atoms with E-state index in [-0.39, 0.29) is 5.91 Å². The zero-order valence-corrected chi connectivity index (χ0v) is 14.6. The lowest BCUT2D eigenvalue weighted by Gasteiger charge is -2.04.